The maximum atomic E-state index is 12.2. The fourth-order valence-electron chi connectivity index (χ4n) is 2.35. The quantitative estimate of drug-likeness (QED) is 0.378. The number of carbonyl (C=O) groups excluding carboxylic acids is 3. The number of ether oxygens (including phenoxy) is 1. The molecule has 1 N–H and O–H groups in total. The Hall–Kier alpha value is -2.86. The van der Waals surface area contributed by atoms with Gasteiger partial charge in [0.05, 0.1) is 6.61 Å². The summed E-state index contributed by atoms with van der Waals surface area (Å²) in [4.78, 5) is 36.3. The molecule has 0 saturated carbocycles. The summed E-state index contributed by atoms with van der Waals surface area (Å²) in [6, 6.07) is 17.7. The lowest BCUT2D eigenvalue weighted by Crippen LogP contribution is -2.43. The van der Waals surface area contributed by atoms with Crippen LogP contribution in [0.2, 0.25) is 0 Å². The molecule has 0 heterocycles. The summed E-state index contributed by atoms with van der Waals surface area (Å²) in [6.45, 7) is 1.95. The van der Waals surface area contributed by atoms with E-state index in [1.165, 1.54) is 17.8 Å². The highest BCUT2D eigenvalue weighted by atomic mass is 32.2. The van der Waals surface area contributed by atoms with Gasteiger partial charge in [-0.2, -0.15) is 11.8 Å². The van der Waals surface area contributed by atoms with Gasteiger partial charge in [-0.15, -0.1) is 0 Å². The molecule has 0 radical (unpaired) electrons. The van der Waals surface area contributed by atoms with Crippen LogP contribution >= 0.6 is 11.8 Å². The Morgan fingerprint density at radius 2 is 1.64 bits per heavy atom. The Kier molecular flexibility index (Phi) is 9.01. The molecule has 0 unspecified atom stereocenters. The van der Waals surface area contributed by atoms with Crippen molar-refractivity contribution in [3.63, 3.8) is 0 Å². The van der Waals surface area contributed by atoms with Crippen molar-refractivity contribution in [3.05, 3.63) is 83.9 Å². The average molecular weight is 397 g/mol. The molecule has 0 saturated heterocycles. The molecule has 2 rings (SSSR count). The first-order valence-corrected chi connectivity index (χ1v) is 10.1. The average Bonchev–Trinajstić information content (AvgIpc) is 2.73. The van der Waals surface area contributed by atoms with Crippen LogP contribution in [0.5, 0.6) is 0 Å². The van der Waals surface area contributed by atoms with Crippen molar-refractivity contribution in [2.75, 3.05) is 12.4 Å². The van der Waals surface area contributed by atoms with E-state index in [4.69, 9.17) is 4.74 Å². The minimum Gasteiger partial charge on any atom is -0.464 e. The normalized spacial score (nSPS) is 11.8. The SMILES string of the molecule is CCOC(=O)[C@@H](CSCc1ccccc1)NC(=O)/C=C/C(=O)c1ccccc1. The first-order valence-electron chi connectivity index (χ1n) is 8.96. The molecular weight excluding hydrogens is 374 g/mol. The largest absolute Gasteiger partial charge is 0.464 e. The minimum atomic E-state index is -0.780. The van der Waals surface area contributed by atoms with E-state index in [0.717, 1.165) is 17.4 Å². The molecule has 2 aromatic rings. The van der Waals surface area contributed by atoms with Crippen LogP contribution in [0, 0.1) is 0 Å². The van der Waals surface area contributed by atoms with Gasteiger partial charge in [0.2, 0.25) is 5.91 Å². The van der Waals surface area contributed by atoms with E-state index >= 15 is 0 Å². The molecular formula is C22H23NO4S. The predicted octanol–water partition coefficient (Wildman–Crippen LogP) is 3.41. The maximum absolute atomic E-state index is 12.2. The van der Waals surface area contributed by atoms with Gasteiger partial charge in [0.25, 0.3) is 0 Å². The summed E-state index contributed by atoms with van der Waals surface area (Å²) in [6.07, 6.45) is 2.34. The first-order chi connectivity index (χ1) is 13.6. The Morgan fingerprint density at radius 3 is 2.29 bits per heavy atom. The predicted molar refractivity (Wildman–Crippen MR) is 111 cm³/mol. The van der Waals surface area contributed by atoms with Crippen LogP contribution in [0.15, 0.2) is 72.8 Å². The first kappa shape index (κ1) is 21.4. The monoisotopic (exact) mass is 397 g/mol. The van der Waals surface area contributed by atoms with Gasteiger partial charge in [-0.05, 0) is 18.6 Å². The number of nitrogens with one attached hydrogen (secondary N) is 1. The van der Waals surface area contributed by atoms with Crippen molar-refractivity contribution < 1.29 is 19.1 Å². The van der Waals surface area contributed by atoms with E-state index < -0.39 is 17.9 Å². The van der Waals surface area contributed by atoms with E-state index in [1.807, 2.05) is 36.4 Å². The van der Waals surface area contributed by atoms with Crippen LogP contribution in [0.1, 0.15) is 22.8 Å². The molecule has 2 aromatic carbocycles. The second-order valence-corrected chi connectivity index (χ2v) is 6.91. The van der Waals surface area contributed by atoms with Gasteiger partial charge in [-0.1, -0.05) is 60.7 Å². The van der Waals surface area contributed by atoms with E-state index in [9.17, 15) is 14.4 Å². The third-order valence-electron chi connectivity index (χ3n) is 3.73. The van der Waals surface area contributed by atoms with Crippen LogP contribution in [-0.4, -0.2) is 36.1 Å². The molecule has 0 fully saturated rings. The Morgan fingerprint density at radius 1 is 1.00 bits per heavy atom. The Balaban J connectivity index is 1.91. The Labute approximate surface area is 169 Å². The highest BCUT2D eigenvalue weighted by Gasteiger charge is 2.21. The second-order valence-electron chi connectivity index (χ2n) is 5.88. The van der Waals surface area contributed by atoms with Crippen molar-refractivity contribution in [2.24, 2.45) is 0 Å². The molecule has 146 valence electrons. The highest BCUT2D eigenvalue weighted by molar-refractivity contribution is 7.98. The number of carbonyl (C=O) groups is 3. The lowest BCUT2D eigenvalue weighted by molar-refractivity contribution is -0.146. The number of thioether (sulfide) groups is 1. The van der Waals surface area contributed by atoms with Crippen molar-refractivity contribution in [1.82, 2.24) is 5.32 Å². The molecule has 0 bridgehead atoms. The van der Waals surface area contributed by atoms with E-state index in [0.29, 0.717) is 11.3 Å². The molecule has 0 aliphatic carbocycles. The topological polar surface area (TPSA) is 72.5 Å². The van der Waals surface area contributed by atoms with Gasteiger partial charge in [-0.3, -0.25) is 9.59 Å². The van der Waals surface area contributed by atoms with Crippen molar-refractivity contribution in [1.29, 1.82) is 0 Å². The third-order valence-corrected chi connectivity index (χ3v) is 4.83. The summed E-state index contributed by atoms with van der Waals surface area (Å²) in [5, 5.41) is 2.62. The number of esters is 1. The van der Waals surface area contributed by atoms with Crippen LogP contribution in [0.3, 0.4) is 0 Å². The minimum absolute atomic E-state index is 0.233. The van der Waals surface area contributed by atoms with Crippen LogP contribution in [-0.2, 0) is 20.1 Å². The number of benzene rings is 2. The van der Waals surface area contributed by atoms with E-state index in [1.54, 1.807) is 31.2 Å². The van der Waals surface area contributed by atoms with Crippen LogP contribution < -0.4 is 5.32 Å². The summed E-state index contributed by atoms with van der Waals surface area (Å²) in [7, 11) is 0. The molecule has 5 nitrogen and oxygen atoms in total. The second kappa shape index (κ2) is 11.8. The molecule has 1 amide bonds. The zero-order valence-electron chi connectivity index (χ0n) is 15.7. The van der Waals surface area contributed by atoms with Gasteiger partial charge >= 0.3 is 5.97 Å². The molecule has 0 aliphatic heterocycles. The van der Waals surface area contributed by atoms with Crippen molar-refractivity contribution in [2.45, 2.75) is 18.7 Å². The van der Waals surface area contributed by atoms with Gasteiger partial charge in [0.15, 0.2) is 5.78 Å². The number of ketones is 1. The number of amides is 1. The number of hydrogen-bond acceptors (Lipinski definition) is 5. The third kappa shape index (κ3) is 7.40. The zero-order valence-corrected chi connectivity index (χ0v) is 16.5. The van der Waals surface area contributed by atoms with Crippen molar-refractivity contribution in [3.8, 4) is 0 Å². The van der Waals surface area contributed by atoms with Gasteiger partial charge in [-0.25, -0.2) is 4.79 Å². The molecule has 0 aliphatic rings. The van der Waals surface area contributed by atoms with Crippen LogP contribution in [0.4, 0.5) is 0 Å². The highest BCUT2D eigenvalue weighted by Crippen LogP contribution is 2.13. The maximum Gasteiger partial charge on any atom is 0.329 e. The van der Waals surface area contributed by atoms with E-state index in [-0.39, 0.29) is 12.4 Å². The van der Waals surface area contributed by atoms with E-state index in [2.05, 4.69) is 5.32 Å². The summed E-state index contributed by atoms with van der Waals surface area (Å²) in [5.41, 5.74) is 1.63. The number of allylic oxidation sites excluding steroid dienone is 1. The fraction of sp³-hybridized carbons (Fsp3) is 0.227. The summed E-state index contributed by atoms with van der Waals surface area (Å²) >= 11 is 1.53. The summed E-state index contributed by atoms with van der Waals surface area (Å²) in [5.74, 6) is -0.182. The molecule has 28 heavy (non-hydrogen) atoms. The molecule has 0 aromatic heterocycles. The summed E-state index contributed by atoms with van der Waals surface area (Å²) < 4.78 is 5.04. The lowest BCUT2D eigenvalue weighted by atomic mass is 10.1. The Bertz CT molecular complexity index is 806. The van der Waals surface area contributed by atoms with Crippen molar-refractivity contribution >= 4 is 29.4 Å². The lowest BCUT2D eigenvalue weighted by Gasteiger charge is -2.16. The smallest absolute Gasteiger partial charge is 0.329 e. The molecule has 0 spiro atoms. The van der Waals surface area contributed by atoms with Gasteiger partial charge < -0.3 is 10.1 Å². The van der Waals surface area contributed by atoms with Crippen LogP contribution in [0.25, 0.3) is 0 Å². The fourth-order valence-corrected chi connectivity index (χ4v) is 3.35. The zero-order chi connectivity index (χ0) is 20.2. The van der Waals surface area contributed by atoms with Gasteiger partial charge in [0.1, 0.15) is 6.04 Å². The van der Waals surface area contributed by atoms with Gasteiger partial charge in [0, 0.05) is 23.1 Å². The molecule has 6 heteroatoms. The molecule has 1 atom stereocenters. The standard InChI is InChI=1S/C22H23NO4S/c1-2-27-22(26)19(16-28-15-17-9-5-3-6-10-17)23-21(25)14-13-20(24)18-11-7-4-8-12-18/h3-14,19H,2,15-16H2,1H3,(H,23,25)/b14-13+/t19-/m1/s1. The number of hydrogen-bond donors (Lipinski definition) is 1. The number of rotatable bonds is 10.